The van der Waals surface area contributed by atoms with E-state index in [0.29, 0.717) is 5.92 Å². The fourth-order valence-electron chi connectivity index (χ4n) is 0.658. The molecule has 0 radical (unpaired) electrons. The maximum atomic E-state index is 10.8. The molecule has 1 unspecified atom stereocenters. The molecule has 0 bridgehead atoms. The van der Waals surface area contributed by atoms with Crippen molar-refractivity contribution in [3.63, 3.8) is 0 Å². The molecule has 0 aromatic carbocycles. The van der Waals surface area contributed by atoms with E-state index in [1.54, 1.807) is 13.0 Å². The van der Waals surface area contributed by atoms with E-state index in [2.05, 4.69) is 0 Å². The molecule has 0 aromatic rings. The topological polar surface area (TPSA) is 60.2 Å². The minimum Gasteiger partial charge on any atom is -0.228 e. The number of rotatable bonds is 3. The smallest absolute Gasteiger partial charge is 0.215 e. The lowest BCUT2D eigenvalue weighted by atomic mass is 10.0. The number of primary sulfonamides is 1. The van der Waals surface area contributed by atoms with Crippen LogP contribution >= 0.6 is 0 Å². The van der Waals surface area contributed by atoms with Crippen LogP contribution in [0.1, 0.15) is 27.7 Å². The first kappa shape index (κ1) is 11.6. The third-order valence-electron chi connectivity index (χ3n) is 1.93. The highest BCUT2D eigenvalue weighted by Gasteiger charge is 2.12. The summed E-state index contributed by atoms with van der Waals surface area (Å²) in [6.07, 6.45) is 1.69. The molecule has 2 N–H and O–H groups in total. The number of allylic oxidation sites excluding steroid dienone is 1. The molecule has 0 aliphatic carbocycles. The van der Waals surface area contributed by atoms with E-state index in [9.17, 15) is 8.42 Å². The van der Waals surface area contributed by atoms with Crippen molar-refractivity contribution in [1.29, 1.82) is 0 Å². The molecule has 0 spiro atoms. The summed E-state index contributed by atoms with van der Waals surface area (Å²) in [4.78, 5) is 0. The van der Waals surface area contributed by atoms with Gasteiger partial charge in [0.05, 0.1) is 5.25 Å². The summed E-state index contributed by atoms with van der Waals surface area (Å²) >= 11 is 0. The van der Waals surface area contributed by atoms with Gasteiger partial charge >= 0.3 is 0 Å². The number of sulfonamides is 1. The lowest BCUT2D eigenvalue weighted by molar-refractivity contribution is 0.592. The lowest BCUT2D eigenvalue weighted by Gasteiger charge is -2.08. The van der Waals surface area contributed by atoms with Crippen molar-refractivity contribution in [1.82, 2.24) is 0 Å². The van der Waals surface area contributed by atoms with Crippen LogP contribution in [0.15, 0.2) is 11.6 Å². The van der Waals surface area contributed by atoms with Crippen molar-refractivity contribution in [2.45, 2.75) is 32.9 Å². The monoisotopic (exact) mass is 191 g/mol. The second-order valence-electron chi connectivity index (χ2n) is 3.36. The molecule has 3 nitrogen and oxygen atoms in total. The molecule has 0 aliphatic rings. The average Bonchev–Trinajstić information content (AvgIpc) is 1.85. The van der Waals surface area contributed by atoms with Gasteiger partial charge in [-0.3, -0.25) is 0 Å². The highest BCUT2D eigenvalue weighted by atomic mass is 32.2. The van der Waals surface area contributed by atoms with Gasteiger partial charge in [0.2, 0.25) is 10.0 Å². The highest BCUT2D eigenvalue weighted by molar-refractivity contribution is 7.89. The van der Waals surface area contributed by atoms with Crippen molar-refractivity contribution in [3.8, 4) is 0 Å². The van der Waals surface area contributed by atoms with Crippen LogP contribution in [-0.4, -0.2) is 13.7 Å². The van der Waals surface area contributed by atoms with Crippen LogP contribution in [0.5, 0.6) is 0 Å². The van der Waals surface area contributed by atoms with Gasteiger partial charge in [-0.1, -0.05) is 25.5 Å². The summed E-state index contributed by atoms with van der Waals surface area (Å²) in [6.45, 7) is 7.52. The predicted molar refractivity (Wildman–Crippen MR) is 51.2 cm³/mol. The second kappa shape index (κ2) is 4.05. The zero-order valence-corrected chi connectivity index (χ0v) is 8.85. The Morgan fingerprint density at radius 1 is 1.33 bits per heavy atom. The van der Waals surface area contributed by atoms with E-state index >= 15 is 0 Å². The molecule has 4 heteroatoms. The molecule has 0 aliphatic heterocycles. The maximum Gasteiger partial charge on any atom is 0.215 e. The standard InChI is InChI=1S/C8H17NO2S/c1-6(2)7(3)5-8(4)12(9,10)11/h5-6,8H,1-4H3,(H2,9,10,11). The fourth-order valence-corrected chi connectivity index (χ4v) is 1.06. The van der Waals surface area contributed by atoms with E-state index in [1.165, 1.54) is 0 Å². The van der Waals surface area contributed by atoms with Gasteiger partial charge in [0.25, 0.3) is 0 Å². The molecule has 0 fully saturated rings. The van der Waals surface area contributed by atoms with Gasteiger partial charge in [-0.15, -0.1) is 0 Å². The summed E-state index contributed by atoms with van der Waals surface area (Å²) in [5.74, 6) is 0.370. The summed E-state index contributed by atoms with van der Waals surface area (Å²) in [5, 5.41) is 4.37. The van der Waals surface area contributed by atoms with E-state index in [0.717, 1.165) is 5.57 Å². The molecule has 0 saturated heterocycles. The van der Waals surface area contributed by atoms with Gasteiger partial charge in [-0.05, 0) is 19.8 Å². The summed E-state index contributed by atoms with van der Waals surface area (Å²) in [7, 11) is -3.41. The van der Waals surface area contributed by atoms with Crippen molar-refractivity contribution >= 4 is 10.0 Å². The molecule has 72 valence electrons. The minimum absolute atomic E-state index is 0.370. The van der Waals surface area contributed by atoms with Crippen LogP contribution in [-0.2, 0) is 10.0 Å². The zero-order chi connectivity index (χ0) is 9.94. The Labute approximate surface area is 74.7 Å². The molecular formula is C8H17NO2S. The molecule has 0 aromatic heterocycles. The molecule has 1 atom stereocenters. The number of hydrogen-bond donors (Lipinski definition) is 1. The first-order valence-electron chi connectivity index (χ1n) is 3.95. The van der Waals surface area contributed by atoms with Gasteiger partial charge in [-0.2, -0.15) is 0 Å². The first-order valence-corrected chi connectivity index (χ1v) is 5.56. The molecule has 12 heavy (non-hydrogen) atoms. The van der Waals surface area contributed by atoms with Crippen molar-refractivity contribution in [2.24, 2.45) is 11.1 Å². The van der Waals surface area contributed by atoms with Gasteiger partial charge in [0.15, 0.2) is 0 Å². The Balaban J connectivity index is 4.56. The summed E-state index contributed by atoms with van der Waals surface area (Å²) in [6, 6.07) is 0. The molecule has 0 rings (SSSR count). The zero-order valence-electron chi connectivity index (χ0n) is 8.03. The van der Waals surface area contributed by atoms with E-state index in [-0.39, 0.29) is 0 Å². The van der Waals surface area contributed by atoms with Crippen LogP contribution in [0.2, 0.25) is 0 Å². The van der Waals surface area contributed by atoms with Gasteiger partial charge in [-0.25, -0.2) is 13.6 Å². The Morgan fingerprint density at radius 3 is 2.00 bits per heavy atom. The Bertz CT molecular complexity index is 265. The SMILES string of the molecule is CC(=CC(C)S(N)(=O)=O)C(C)C. The maximum absolute atomic E-state index is 10.8. The van der Waals surface area contributed by atoms with E-state index in [4.69, 9.17) is 5.14 Å². The number of hydrogen-bond acceptors (Lipinski definition) is 2. The quantitative estimate of drug-likeness (QED) is 0.683. The molecule has 0 amide bonds. The van der Waals surface area contributed by atoms with Crippen LogP contribution < -0.4 is 5.14 Å². The fraction of sp³-hybridized carbons (Fsp3) is 0.750. The van der Waals surface area contributed by atoms with Gasteiger partial charge < -0.3 is 0 Å². The van der Waals surface area contributed by atoms with Crippen LogP contribution in [0.3, 0.4) is 0 Å². The third-order valence-corrected chi connectivity index (χ3v) is 3.10. The molecule has 0 saturated carbocycles. The van der Waals surface area contributed by atoms with Gasteiger partial charge in [0.1, 0.15) is 0 Å². The summed E-state index contributed by atoms with van der Waals surface area (Å²) in [5.41, 5.74) is 1.05. The largest absolute Gasteiger partial charge is 0.228 e. The van der Waals surface area contributed by atoms with Crippen LogP contribution in [0, 0.1) is 5.92 Å². The first-order chi connectivity index (χ1) is 5.25. The van der Waals surface area contributed by atoms with Crippen molar-refractivity contribution in [3.05, 3.63) is 11.6 Å². The normalized spacial score (nSPS) is 16.7. The van der Waals surface area contributed by atoms with E-state index < -0.39 is 15.3 Å². The molecule has 0 heterocycles. The van der Waals surface area contributed by atoms with Crippen molar-refractivity contribution in [2.75, 3.05) is 0 Å². The van der Waals surface area contributed by atoms with Crippen LogP contribution in [0.4, 0.5) is 0 Å². The minimum atomic E-state index is -3.41. The lowest BCUT2D eigenvalue weighted by Crippen LogP contribution is -2.24. The van der Waals surface area contributed by atoms with E-state index in [1.807, 2.05) is 20.8 Å². The molecular weight excluding hydrogens is 174 g/mol. The Morgan fingerprint density at radius 2 is 1.75 bits per heavy atom. The third kappa shape index (κ3) is 3.88. The Kier molecular flexibility index (Phi) is 3.93. The second-order valence-corrected chi connectivity index (χ2v) is 5.28. The predicted octanol–water partition coefficient (Wildman–Crippen LogP) is 1.27. The summed E-state index contributed by atoms with van der Waals surface area (Å²) < 4.78 is 21.6. The average molecular weight is 191 g/mol. The Hall–Kier alpha value is -0.350. The van der Waals surface area contributed by atoms with Crippen molar-refractivity contribution < 1.29 is 8.42 Å². The van der Waals surface area contributed by atoms with Gasteiger partial charge in [0, 0.05) is 0 Å². The number of nitrogens with two attached hydrogens (primary N) is 1. The highest BCUT2D eigenvalue weighted by Crippen LogP contribution is 2.10. The van der Waals surface area contributed by atoms with Crippen LogP contribution in [0.25, 0.3) is 0 Å².